The van der Waals surface area contributed by atoms with Crippen LogP contribution in [0, 0.1) is 0 Å². The molecular formula is C11H10BrNO2. The molecule has 0 fully saturated rings. The number of hydrogen-bond acceptors (Lipinski definition) is 3. The minimum Gasteiger partial charge on any atom is -0.493 e. The number of hydrogen-bond donors (Lipinski definition) is 0. The number of nitrogens with zero attached hydrogens (tertiary/aromatic N) is 1. The van der Waals surface area contributed by atoms with Gasteiger partial charge < -0.3 is 9.47 Å². The van der Waals surface area contributed by atoms with Gasteiger partial charge in [0.15, 0.2) is 11.5 Å². The summed E-state index contributed by atoms with van der Waals surface area (Å²) in [6, 6.07) is 3.84. The van der Waals surface area contributed by atoms with Gasteiger partial charge in [-0.2, -0.15) is 0 Å². The molecule has 0 saturated heterocycles. The summed E-state index contributed by atoms with van der Waals surface area (Å²) in [4.78, 5) is 4.07. The molecule has 0 aliphatic rings. The lowest BCUT2D eigenvalue weighted by molar-refractivity contribution is 0.354. The number of halogens is 1. The van der Waals surface area contributed by atoms with Gasteiger partial charge in [-0.1, -0.05) is 0 Å². The van der Waals surface area contributed by atoms with Crippen molar-refractivity contribution in [2.24, 2.45) is 0 Å². The number of benzene rings is 1. The largest absolute Gasteiger partial charge is 0.493 e. The molecule has 2 aromatic rings. The van der Waals surface area contributed by atoms with Crippen LogP contribution in [0.3, 0.4) is 0 Å². The Labute approximate surface area is 96.2 Å². The van der Waals surface area contributed by atoms with Crippen molar-refractivity contribution in [3.63, 3.8) is 0 Å². The van der Waals surface area contributed by atoms with Gasteiger partial charge in [-0.15, -0.1) is 0 Å². The lowest BCUT2D eigenvalue weighted by Gasteiger charge is -2.11. The molecular weight excluding hydrogens is 258 g/mol. The minimum atomic E-state index is 0.699. The molecule has 15 heavy (non-hydrogen) atoms. The highest BCUT2D eigenvalue weighted by Crippen LogP contribution is 2.40. The number of ether oxygens (including phenoxy) is 2. The average molecular weight is 268 g/mol. The van der Waals surface area contributed by atoms with Crippen molar-refractivity contribution in [1.82, 2.24) is 4.98 Å². The first-order chi connectivity index (χ1) is 7.27. The highest BCUT2D eigenvalue weighted by Gasteiger charge is 2.12. The smallest absolute Gasteiger partial charge is 0.175 e. The Morgan fingerprint density at radius 3 is 2.73 bits per heavy atom. The molecule has 78 valence electrons. The fourth-order valence-corrected chi connectivity index (χ4v) is 2.22. The van der Waals surface area contributed by atoms with Crippen LogP contribution in [0.5, 0.6) is 11.5 Å². The van der Waals surface area contributed by atoms with E-state index in [4.69, 9.17) is 9.47 Å². The second-order valence-electron chi connectivity index (χ2n) is 3.02. The van der Waals surface area contributed by atoms with E-state index in [1.807, 2.05) is 12.1 Å². The minimum absolute atomic E-state index is 0.699. The Bertz CT molecular complexity index is 499. The van der Waals surface area contributed by atoms with Gasteiger partial charge in [0.2, 0.25) is 0 Å². The van der Waals surface area contributed by atoms with Crippen LogP contribution in [0.2, 0.25) is 0 Å². The zero-order valence-corrected chi connectivity index (χ0v) is 10.0. The normalized spacial score (nSPS) is 10.3. The molecule has 0 amide bonds. The fraction of sp³-hybridized carbons (Fsp3) is 0.182. The molecule has 0 aliphatic heterocycles. The maximum Gasteiger partial charge on any atom is 0.175 e. The fourth-order valence-electron chi connectivity index (χ4n) is 1.50. The van der Waals surface area contributed by atoms with Gasteiger partial charge in [-0.25, -0.2) is 0 Å². The summed E-state index contributed by atoms with van der Waals surface area (Å²) < 4.78 is 11.4. The zero-order chi connectivity index (χ0) is 10.8. The molecule has 0 bridgehead atoms. The van der Waals surface area contributed by atoms with Gasteiger partial charge >= 0.3 is 0 Å². The number of fused-ring (bicyclic) bond motifs is 1. The Balaban J connectivity index is 2.81. The van der Waals surface area contributed by atoms with Crippen LogP contribution in [0.4, 0.5) is 0 Å². The van der Waals surface area contributed by atoms with Crippen molar-refractivity contribution < 1.29 is 9.47 Å². The van der Waals surface area contributed by atoms with Crippen molar-refractivity contribution >= 4 is 26.7 Å². The van der Waals surface area contributed by atoms with Crippen LogP contribution in [0.1, 0.15) is 0 Å². The summed E-state index contributed by atoms with van der Waals surface area (Å²) in [6.45, 7) is 0. The van der Waals surface area contributed by atoms with Crippen molar-refractivity contribution in [3.05, 3.63) is 29.0 Å². The van der Waals surface area contributed by atoms with E-state index in [-0.39, 0.29) is 0 Å². The Morgan fingerprint density at radius 2 is 2.07 bits per heavy atom. The molecule has 0 spiro atoms. The summed E-state index contributed by atoms with van der Waals surface area (Å²) in [5, 5.41) is 2.07. The molecule has 0 radical (unpaired) electrons. The van der Waals surface area contributed by atoms with Crippen LogP contribution in [0.15, 0.2) is 29.0 Å². The van der Waals surface area contributed by atoms with E-state index in [0.29, 0.717) is 11.5 Å². The van der Waals surface area contributed by atoms with Crippen LogP contribution in [-0.4, -0.2) is 19.2 Å². The van der Waals surface area contributed by atoms with Crippen molar-refractivity contribution in [1.29, 1.82) is 0 Å². The lowest BCUT2D eigenvalue weighted by atomic mass is 10.1. The van der Waals surface area contributed by atoms with Crippen LogP contribution < -0.4 is 9.47 Å². The molecule has 0 unspecified atom stereocenters. The number of rotatable bonds is 2. The number of aromatic nitrogens is 1. The predicted molar refractivity (Wildman–Crippen MR) is 62.5 cm³/mol. The Kier molecular flexibility index (Phi) is 2.77. The number of pyridine rings is 1. The summed E-state index contributed by atoms with van der Waals surface area (Å²) in [5.74, 6) is 1.40. The maximum atomic E-state index is 5.28. The molecule has 1 heterocycles. The number of methoxy groups -OCH3 is 2. The standard InChI is InChI=1S/C11H10BrNO2/c1-14-9-5-7-6-13-4-3-8(7)10(12)11(9)15-2/h3-6H,1-2H3. The van der Waals surface area contributed by atoms with E-state index in [0.717, 1.165) is 15.2 Å². The molecule has 0 aliphatic carbocycles. The highest BCUT2D eigenvalue weighted by molar-refractivity contribution is 9.10. The summed E-state index contributed by atoms with van der Waals surface area (Å²) in [7, 11) is 3.24. The molecule has 0 saturated carbocycles. The van der Waals surface area contributed by atoms with Gasteiger partial charge in [-0.05, 0) is 28.1 Å². The van der Waals surface area contributed by atoms with Gasteiger partial charge in [0, 0.05) is 23.2 Å². The van der Waals surface area contributed by atoms with Crippen LogP contribution in [0.25, 0.3) is 10.8 Å². The van der Waals surface area contributed by atoms with Gasteiger partial charge in [0.25, 0.3) is 0 Å². The van der Waals surface area contributed by atoms with Crippen LogP contribution >= 0.6 is 15.9 Å². The first-order valence-electron chi connectivity index (χ1n) is 4.42. The molecule has 1 aromatic heterocycles. The summed E-state index contributed by atoms with van der Waals surface area (Å²) >= 11 is 3.50. The van der Waals surface area contributed by atoms with Crippen molar-refractivity contribution in [2.45, 2.75) is 0 Å². The molecule has 0 N–H and O–H groups in total. The third-order valence-electron chi connectivity index (χ3n) is 2.22. The average Bonchev–Trinajstić information content (AvgIpc) is 2.29. The Hall–Kier alpha value is -1.29. The van der Waals surface area contributed by atoms with Crippen LogP contribution in [-0.2, 0) is 0 Å². The predicted octanol–water partition coefficient (Wildman–Crippen LogP) is 3.01. The molecule has 2 rings (SSSR count). The first-order valence-corrected chi connectivity index (χ1v) is 5.21. The SMILES string of the molecule is COc1cc2cnccc2c(Br)c1OC. The van der Waals surface area contributed by atoms with E-state index in [2.05, 4.69) is 20.9 Å². The van der Waals surface area contributed by atoms with E-state index in [1.54, 1.807) is 26.6 Å². The van der Waals surface area contributed by atoms with E-state index >= 15 is 0 Å². The second-order valence-corrected chi connectivity index (χ2v) is 3.82. The topological polar surface area (TPSA) is 31.4 Å². The van der Waals surface area contributed by atoms with Gasteiger partial charge in [0.1, 0.15) is 0 Å². The van der Waals surface area contributed by atoms with Gasteiger partial charge in [0.05, 0.1) is 18.7 Å². The molecule has 1 aromatic carbocycles. The second kappa shape index (κ2) is 4.06. The first kappa shape index (κ1) is 10.2. The quantitative estimate of drug-likeness (QED) is 0.838. The summed E-state index contributed by atoms with van der Waals surface area (Å²) in [5.41, 5.74) is 0. The highest BCUT2D eigenvalue weighted by atomic mass is 79.9. The monoisotopic (exact) mass is 267 g/mol. The lowest BCUT2D eigenvalue weighted by Crippen LogP contribution is -1.92. The molecule has 4 heteroatoms. The van der Waals surface area contributed by atoms with Crippen molar-refractivity contribution in [2.75, 3.05) is 14.2 Å². The third kappa shape index (κ3) is 1.65. The third-order valence-corrected chi connectivity index (χ3v) is 3.01. The van der Waals surface area contributed by atoms with E-state index in [1.165, 1.54) is 0 Å². The zero-order valence-electron chi connectivity index (χ0n) is 8.45. The maximum absolute atomic E-state index is 5.28. The molecule has 3 nitrogen and oxygen atoms in total. The molecule has 0 atom stereocenters. The van der Waals surface area contributed by atoms with E-state index in [9.17, 15) is 0 Å². The Morgan fingerprint density at radius 1 is 1.27 bits per heavy atom. The van der Waals surface area contributed by atoms with Crippen molar-refractivity contribution in [3.8, 4) is 11.5 Å². The van der Waals surface area contributed by atoms with E-state index < -0.39 is 0 Å². The van der Waals surface area contributed by atoms with Gasteiger partial charge in [-0.3, -0.25) is 4.98 Å². The summed E-state index contributed by atoms with van der Waals surface area (Å²) in [6.07, 6.45) is 3.54.